The quantitative estimate of drug-likeness (QED) is 0.647. The molecule has 1 aliphatic heterocycles. The minimum absolute atomic E-state index is 0.0707. The summed E-state index contributed by atoms with van der Waals surface area (Å²) in [5.74, 6) is 0.186. The van der Waals surface area contributed by atoms with Crippen LogP contribution >= 0.6 is 0 Å². The number of hydrogen-bond acceptors (Lipinski definition) is 5. The molecular weight excluding hydrogens is 416 g/mol. The normalized spacial score (nSPS) is 18.0. The molecule has 1 aliphatic carbocycles. The molecule has 1 aromatic carbocycles. The molecule has 0 saturated heterocycles. The van der Waals surface area contributed by atoms with E-state index >= 15 is 0 Å². The highest BCUT2D eigenvalue weighted by molar-refractivity contribution is 6.07. The van der Waals surface area contributed by atoms with Crippen LogP contribution in [0, 0.1) is 0 Å². The Balaban J connectivity index is 1.50. The van der Waals surface area contributed by atoms with Gasteiger partial charge in [0.05, 0.1) is 5.92 Å². The van der Waals surface area contributed by atoms with Crippen LogP contribution in [-0.2, 0) is 0 Å². The van der Waals surface area contributed by atoms with E-state index in [4.69, 9.17) is 0 Å². The monoisotopic (exact) mass is 444 g/mol. The Hall–Kier alpha value is -3.55. The molecule has 2 aliphatic rings. The van der Waals surface area contributed by atoms with Crippen molar-refractivity contribution in [3.63, 3.8) is 0 Å². The first kappa shape index (κ1) is 21.3. The Kier molecular flexibility index (Phi) is 5.66. The van der Waals surface area contributed by atoms with Crippen LogP contribution in [0.25, 0.3) is 0 Å². The molecule has 1 fully saturated rings. The summed E-state index contributed by atoms with van der Waals surface area (Å²) in [6, 6.07) is 11.3. The Bertz CT molecular complexity index is 1170. The smallest absolute Gasteiger partial charge is 0.276 e. The molecule has 1 N–H and O–H groups in total. The van der Waals surface area contributed by atoms with Gasteiger partial charge in [-0.2, -0.15) is 5.10 Å². The van der Waals surface area contributed by atoms with Gasteiger partial charge in [-0.15, -0.1) is 0 Å². The van der Waals surface area contributed by atoms with E-state index in [1.54, 1.807) is 41.7 Å². The summed E-state index contributed by atoms with van der Waals surface area (Å²) in [6.07, 6.45) is 7.71. The van der Waals surface area contributed by atoms with E-state index in [1.165, 1.54) is 0 Å². The van der Waals surface area contributed by atoms with Crippen LogP contribution in [-0.4, -0.2) is 44.1 Å². The van der Waals surface area contributed by atoms with Gasteiger partial charge in [-0.1, -0.05) is 18.9 Å². The molecular formula is C25H28N6O2. The van der Waals surface area contributed by atoms with Gasteiger partial charge in [0, 0.05) is 36.1 Å². The molecule has 2 aromatic heterocycles. The Morgan fingerprint density at radius 2 is 1.91 bits per heavy atom. The van der Waals surface area contributed by atoms with Gasteiger partial charge in [-0.05, 0) is 62.6 Å². The van der Waals surface area contributed by atoms with Crippen LogP contribution in [0.4, 0.5) is 5.69 Å². The molecule has 3 aromatic rings. The van der Waals surface area contributed by atoms with Crippen molar-refractivity contribution in [2.45, 2.75) is 57.5 Å². The molecule has 5 rings (SSSR count). The second-order valence-corrected chi connectivity index (χ2v) is 9.09. The van der Waals surface area contributed by atoms with Crippen molar-refractivity contribution in [3.8, 4) is 0 Å². The molecule has 170 valence electrons. The third kappa shape index (κ3) is 4.13. The SMILES string of the molecule is CC(C)n1cnc(C2CN(C(=O)c3ccccn3)c3ccc(C(=O)NC4CCCC4)cc32)n1. The van der Waals surface area contributed by atoms with E-state index in [0.717, 1.165) is 36.9 Å². The van der Waals surface area contributed by atoms with Crippen molar-refractivity contribution >= 4 is 17.5 Å². The highest BCUT2D eigenvalue weighted by atomic mass is 16.2. The van der Waals surface area contributed by atoms with Crippen molar-refractivity contribution in [1.82, 2.24) is 25.1 Å². The zero-order valence-electron chi connectivity index (χ0n) is 18.9. The van der Waals surface area contributed by atoms with Gasteiger partial charge in [0.25, 0.3) is 11.8 Å². The van der Waals surface area contributed by atoms with Gasteiger partial charge in [-0.3, -0.25) is 19.3 Å². The molecule has 1 saturated carbocycles. The van der Waals surface area contributed by atoms with Crippen LogP contribution in [0.1, 0.15) is 83.7 Å². The molecule has 2 amide bonds. The van der Waals surface area contributed by atoms with Gasteiger partial charge in [0.2, 0.25) is 0 Å². The number of benzene rings is 1. The van der Waals surface area contributed by atoms with Crippen molar-refractivity contribution in [3.05, 3.63) is 71.6 Å². The lowest BCUT2D eigenvalue weighted by atomic mass is 9.98. The van der Waals surface area contributed by atoms with Gasteiger partial charge in [-0.25, -0.2) is 4.98 Å². The summed E-state index contributed by atoms with van der Waals surface area (Å²) >= 11 is 0. The lowest BCUT2D eigenvalue weighted by Crippen LogP contribution is -2.32. The molecule has 0 radical (unpaired) electrons. The van der Waals surface area contributed by atoms with Crippen LogP contribution in [0.5, 0.6) is 0 Å². The summed E-state index contributed by atoms with van der Waals surface area (Å²) in [4.78, 5) is 36.7. The Morgan fingerprint density at radius 1 is 1.09 bits per heavy atom. The summed E-state index contributed by atoms with van der Waals surface area (Å²) in [5, 5.41) is 7.82. The minimum atomic E-state index is -0.216. The van der Waals surface area contributed by atoms with Crippen LogP contribution in [0.15, 0.2) is 48.9 Å². The third-order valence-electron chi connectivity index (χ3n) is 6.51. The topological polar surface area (TPSA) is 93.0 Å². The number of hydrogen-bond donors (Lipinski definition) is 1. The van der Waals surface area contributed by atoms with Gasteiger partial charge in [0.1, 0.15) is 12.0 Å². The first-order chi connectivity index (χ1) is 16.0. The van der Waals surface area contributed by atoms with Crippen molar-refractivity contribution in [2.75, 3.05) is 11.4 Å². The van der Waals surface area contributed by atoms with E-state index in [1.807, 2.05) is 30.7 Å². The molecule has 1 unspecified atom stereocenters. The average molecular weight is 445 g/mol. The fraction of sp³-hybridized carbons (Fsp3) is 0.400. The lowest BCUT2D eigenvalue weighted by molar-refractivity contribution is 0.0936. The second kappa shape index (κ2) is 8.77. The first-order valence-corrected chi connectivity index (χ1v) is 11.6. The number of carbonyl (C=O) groups is 2. The standard InChI is InChI=1S/C25H28N6O2/c1-16(2)31-15-27-23(29-31)20-14-30(25(33)21-9-5-6-12-26-21)22-11-10-17(13-19(20)22)24(32)28-18-7-3-4-8-18/h5-6,9-13,15-16,18,20H,3-4,7-8,14H2,1-2H3,(H,28,32). The first-order valence-electron chi connectivity index (χ1n) is 11.6. The van der Waals surface area contributed by atoms with E-state index < -0.39 is 0 Å². The zero-order valence-corrected chi connectivity index (χ0v) is 18.9. The fourth-order valence-electron chi connectivity index (χ4n) is 4.68. The summed E-state index contributed by atoms with van der Waals surface area (Å²) < 4.78 is 1.81. The van der Waals surface area contributed by atoms with Gasteiger partial charge >= 0.3 is 0 Å². The number of nitrogens with zero attached hydrogens (tertiary/aromatic N) is 5. The van der Waals surface area contributed by atoms with Gasteiger partial charge < -0.3 is 10.2 Å². The molecule has 8 heteroatoms. The highest BCUT2D eigenvalue weighted by Crippen LogP contribution is 2.40. The zero-order chi connectivity index (χ0) is 22.9. The molecule has 1 atom stereocenters. The number of carbonyl (C=O) groups excluding carboxylic acids is 2. The minimum Gasteiger partial charge on any atom is -0.349 e. The van der Waals surface area contributed by atoms with E-state index in [2.05, 4.69) is 20.4 Å². The predicted octanol–water partition coefficient (Wildman–Crippen LogP) is 3.72. The van der Waals surface area contributed by atoms with Crippen LogP contribution < -0.4 is 10.2 Å². The van der Waals surface area contributed by atoms with Crippen LogP contribution in [0.3, 0.4) is 0 Å². The Labute approximate surface area is 193 Å². The van der Waals surface area contributed by atoms with Gasteiger partial charge in [0.15, 0.2) is 5.82 Å². The largest absolute Gasteiger partial charge is 0.349 e. The number of fused-ring (bicyclic) bond motifs is 1. The third-order valence-corrected chi connectivity index (χ3v) is 6.51. The maximum Gasteiger partial charge on any atom is 0.276 e. The number of pyridine rings is 1. The van der Waals surface area contributed by atoms with Crippen molar-refractivity contribution in [1.29, 1.82) is 0 Å². The number of anilines is 1. The maximum atomic E-state index is 13.3. The van der Waals surface area contributed by atoms with Crippen LogP contribution in [0.2, 0.25) is 0 Å². The van der Waals surface area contributed by atoms with E-state index in [0.29, 0.717) is 23.6 Å². The van der Waals surface area contributed by atoms with Crippen molar-refractivity contribution < 1.29 is 9.59 Å². The average Bonchev–Trinajstić information content (AvgIpc) is 3.58. The summed E-state index contributed by atoms with van der Waals surface area (Å²) in [7, 11) is 0. The summed E-state index contributed by atoms with van der Waals surface area (Å²) in [6.45, 7) is 4.49. The molecule has 0 bridgehead atoms. The van der Waals surface area contributed by atoms with E-state index in [9.17, 15) is 9.59 Å². The highest BCUT2D eigenvalue weighted by Gasteiger charge is 2.37. The molecule has 0 spiro atoms. The summed E-state index contributed by atoms with van der Waals surface area (Å²) in [5.41, 5.74) is 2.64. The number of amides is 2. The number of nitrogens with one attached hydrogen (secondary N) is 1. The van der Waals surface area contributed by atoms with E-state index in [-0.39, 0.29) is 29.8 Å². The molecule has 8 nitrogen and oxygen atoms in total. The number of rotatable bonds is 5. The molecule has 33 heavy (non-hydrogen) atoms. The number of aromatic nitrogens is 4. The predicted molar refractivity (Wildman–Crippen MR) is 124 cm³/mol. The second-order valence-electron chi connectivity index (χ2n) is 9.09. The maximum absolute atomic E-state index is 13.3. The lowest BCUT2D eigenvalue weighted by Gasteiger charge is -2.17. The van der Waals surface area contributed by atoms with Crippen molar-refractivity contribution in [2.24, 2.45) is 0 Å². The fourth-order valence-corrected chi connectivity index (χ4v) is 4.68. The Morgan fingerprint density at radius 3 is 2.61 bits per heavy atom. The molecule has 3 heterocycles.